The van der Waals surface area contributed by atoms with Crippen LogP contribution in [0.2, 0.25) is 0 Å². The van der Waals surface area contributed by atoms with Gasteiger partial charge in [-0.3, -0.25) is 9.59 Å². The molecular formula is C14H25N3O2. The molecule has 1 aliphatic carbocycles. The Labute approximate surface area is 114 Å². The smallest absolute Gasteiger partial charge is 0.227 e. The number of carbonyl (C=O) groups excluding carboxylic acids is 2. The number of likely N-dealkylation sites (tertiary alicyclic amines) is 1. The zero-order valence-electron chi connectivity index (χ0n) is 11.5. The molecule has 2 aliphatic rings. The van der Waals surface area contributed by atoms with Crippen molar-refractivity contribution in [2.24, 2.45) is 23.3 Å². The fraction of sp³-hybridized carbons (Fsp3) is 0.857. The van der Waals surface area contributed by atoms with Gasteiger partial charge < -0.3 is 16.4 Å². The molecule has 3 atom stereocenters. The lowest BCUT2D eigenvalue weighted by atomic mass is 9.91. The van der Waals surface area contributed by atoms with Gasteiger partial charge in [0.25, 0.3) is 0 Å². The predicted molar refractivity (Wildman–Crippen MR) is 73.0 cm³/mol. The van der Waals surface area contributed by atoms with E-state index in [-0.39, 0.29) is 29.7 Å². The van der Waals surface area contributed by atoms with Crippen molar-refractivity contribution < 1.29 is 9.59 Å². The number of nitrogens with zero attached hydrogens (tertiary/aromatic N) is 1. The first-order chi connectivity index (χ1) is 9.09. The molecule has 3 unspecified atom stereocenters. The lowest BCUT2D eigenvalue weighted by Gasteiger charge is -2.35. The van der Waals surface area contributed by atoms with E-state index in [1.165, 1.54) is 6.42 Å². The molecule has 5 heteroatoms. The summed E-state index contributed by atoms with van der Waals surface area (Å²) < 4.78 is 0. The molecule has 0 bridgehead atoms. The molecule has 1 aliphatic heterocycles. The number of hydrogen-bond acceptors (Lipinski definition) is 3. The van der Waals surface area contributed by atoms with Crippen molar-refractivity contribution in [3.05, 3.63) is 0 Å². The first kappa shape index (κ1) is 14.3. The second kappa shape index (κ2) is 6.37. The standard InChI is InChI=1S/C14H25N3O2/c15-12-7-3-1-2-6-11(12)14(19)17-8-4-5-10(9-17)13(16)18/h10-12H,1-9,15H2,(H2,16,18). The van der Waals surface area contributed by atoms with Gasteiger partial charge >= 0.3 is 0 Å². The van der Waals surface area contributed by atoms with Crippen LogP contribution in [0.15, 0.2) is 0 Å². The first-order valence-electron chi connectivity index (χ1n) is 7.43. The summed E-state index contributed by atoms with van der Waals surface area (Å²) in [6.45, 7) is 1.23. The molecule has 0 aromatic heterocycles. The van der Waals surface area contributed by atoms with Crippen LogP contribution >= 0.6 is 0 Å². The third-order valence-corrected chi connectivity index (χ3v) is 4.52. The highest BCUT2D eigenvalue weighted by molar-refractivity contribution is 5.82. The van der Waals surface area contributed by atoms with Crippen LogP contribution in [0.5, 0.6) is 0 Å². The molecule has 1 saturated carbocycles. The van der Waals surface area contributed by atoms with E-state index in [1.54, 1.807) is 0 Å². The molecule has 2 amide bonds. The van der Waals surface area contributed by atoms with Gasteiger partial charge in [0.2, 0.25) is 11.8 Å². The van der Waals surface area contributed by atoms with Crippen molar-refractivity contribution in [2.75, 3.05) is 13.1 Å². The minimum Gasteiger partial charge on any atom is -0.369 e. The van der Waals surface area contributed by atoms with Crippen molar-refractivity contribution >= 4 is 11.8 Å². The molecule has 0 radical (unpaired) electrons. The second-order valence-electron chi connectivity index (χ2n) is 5.93. The Hall–Kier alpha value is -1.10. The molecule has 2 fully saturated rings. The lowest BCUT2D eigenvalue weighted by molar-refractivity contribution is -0.139. The van der Waals surface area contributed by atoms with Crippen molar-refractivity contribution in [2.45, 2.75) is 51.0 Å². The maximum atomic E-state index is 12.6. The van der Waals surface area contributed by atoms with Crippen LogP contribution in [0.3, 0.4) is 0 Å². The maximum Gasteiger partial charge on any atom is 0.227 e. The first-order valence-corrected chi connectivity index (χ1v) is 7.43. The molecule has 1 saturated heterocycles. The van der Waals surface area contributed by atoms with E-state index >= 15 is 0 Å². The van der Waals surface area contributed by atoms with Gasteiger partial charge in [-0.05, 0) is 25.7 Å². The van der Waals surface area contributed by atoms with E-state index in [1.807, 2.05) is 4.90 Å². The fourth-order valence-electron chi connectivity index (χ4n) is 3.29. The SMILES string of the molecule is NC(=O)C1CCCN(C(=O)C2CCCCCC2N)C1. The zero-order chi connectivity index (χ0) is 13.8. The second-order valence-corrected chi connectivity index (χ2v) is 5.93. The summed E-state index contributed by atoms with van der Waals surface area (Å²) in [7, 11) is 0. The summed E-state index contributed by atoms with van der Waals surface area (Å²) in [5.74, 6) is -0.392. The van der Waals surface area contributed by atoms with Crippen molar-refractivity contribution in [1.29, 1.82) is 0 Å². The van der Waals surface area contributed by atoms with Gasteiger partial charge in [0.1, 0.15) is 0 Å². The minimum absolute atomic E-state index is 0.0241. The lowest BCUT2D eigenvalue weighted by Crippen LogP contribution is -2.49. The number of piperidine rings is 1. The quantitative estimate of drug-likeness (QED) is 0.719. The Bertz CT molecular complexity index is 346. The monoisotopic (exact) mass is 267 g/mol. The van der Waals surface area contributed by atoms with E-state index in [2.05, 4.69) is 0 Å². The Morgan fingerprint density at radius 3 is 2.47 bits per heavy atom. The number of hydrogen-bond donors (Lipinski definition) is 2. The zero-order valence-corrected chi connectivity index (χ0v) is 11.5. The van der Waals surface area contributed by atoms with Gasteiger partial charge in [-0.1, -0.05) is 19.3 Å². The van der Waals surface area contributed by atoms with E-state index in [9.17, 15) is 9.59 Å². The summed E-state index contributed by atoms with van der Waals surface area (Å²) in [6, 6.07) is -0.0241. The molecule has 108 valence electrons. The summed E-state index contributed by atoms with van der Waals surface area (Å²) in [4.78, 5) is 25.7. The van der Waals surface area contributed by atoms with E-state index in [4.69, 9.17) is 11.5 Å². The normalized spacial score (nSPS) is 32.7. The molecule has 2 rings (SSSR count). The Morgan fingerprint density at radius 1 is 1.00 bits per heavy atom. The fourth-order valence-corrected chi connectivity index (χ4v) is 3.29. The Morgan fingerprint density at radius 2 is 1.74 bits per heavy atom. The highest BCUT2D eigenvalue weighted by Crippen LogP contribution is 2.26. The van der Waals surface area contributed by atoms with Gasteiger partial charge in [-0.15, -0.1) is 0 Å². The Balaban J connectivity index is 1.99. The number of amides is 2. The third kappa shape index (κ3) is 3.47. The van der Waals surface area contributed by atoms with Crippen LogP contribution in [0.25, 0.3) is 0 Å². The molecule has 5 nitrogen and oxygen atoms in total. The van der Waals surface area contributed by atoms with Crippen LogP contribution in [0.4, 0.5) is 0 Å². The molecule has 0 aromatic carbocycles. The van der Waals surface area contributed by atoms with Gasteiger partial charge in [0, 0.05) is 19.1 Å². The van der Waals surface area contributed by atoms with Crippen LogP contribution in [0.1, 0.15) is 44.9 Å². The molecule has 19 heavy (non-hydrogen) atoms. The molecular weight excluding hydrogens is 242 g/mol. The van der Waals surface area contributed by atoms with Crippen LogP contribution in [0, 0.1) is 11.8 Å². The average molecular weight is 267 g/mol. The Kier molecular flexibility index (Phi) is 4.80. The van der Waals surface area contributed by atoms with Gasteiger partial charge in [0.05, 0.1) is 11.8 Å². The summed E-state index contributed by atoms with van der Waals surface area (Å²) >= 11 is 0. The van der Waals surface area contributed by atoms with Crippen LogP contribution in [-0.4, -0.2) is 35.8 Å². The number of nitrogens with two attached hydrogens (primary N) is 2. The van der Waals surface area contributed by atoms with Crippen LogP contribution in [-0.2, 0) is 9.59 Å². The summed E-state index contributed by atoms with van der Waals surface area (Å²) in [5.41, 5.74) is 11.5. The maximum absolute atomic E-state index is 12.6. The number of carbonyl (C=O) groups is 2. The van der Waals surface area contributed by atoms with E-state index in [0.717, 1.165) is 45.1 Å². The highest BCUT2D eigenvalue weighted by Gasteiger charge is 2.34. The van der Waals surface area contributed by atoms with Gasteiger partial charge in [-0.2, -0.15) is 0 Å². The molecule has 0 aromatic rings. The molecule has 4 N–H and O–H groups in total. The summed E-state index contributed by atoms with van der Waals surface area (Å²) in [5, 5.41) is 0. The van der Waals surface area contributed by atoms with E-state index < -0.39 is 0 Å². The molecule has 1 heterocycles. The topological polar surface area (TPSA) is 89.4 Å². The number of rotatable bonds is 2. The number of primary amides is 1. The van der Waals surface area contributed by atoms with E-state index in [0.29, 0.717) is 6.54 Å². The van der Waals surface area contributed by atoms with Gasteiger partial charge in [0.15, 0.2) is 0 Å². The van der Waals surface area contributed by atoms with Crippen molar-refractivity contribution in [1.82, 2.24) is 4.90 Å². The summed E-state index contributed by atoms with van der Waals surface area (Å²) in [6.07, 6.45) is 6.85. The third-order valence-electron chi connectivity index (χ3n) is 4.52. The van der Waals surface area contributed by atoms with Crippen molar-refractivity contribution in [3.63, 3.8) is 0 Å². The van der Waals surface area contributed by atoms with Crippen molar-refractivity contribution in [3.8, 4) is 0 Å². The largest absolute Gasteiger partial charge is 0.369 e. The average Bonchev–Trinajstić information content (AvgIpc) is 2.63. The highest BCUT2D eigenvalue weighted by atomic mass is 16.2. The van der Waals surface area contributed by atoms with Crippen LogP contribution < -0.4 is 11.5 Å². The predicted octanol–water partition coefficient (Wildman–Crippen LogP) is 0.618. The van der Waals surface area contributed by atoms with Gasteiger partial charge in [-0.25, -0.2) is 0 Å². The minimum atomic E-state index is -0.289. The molecule has 0 spiro atoms.